The van der Waals surface area contributed by atoms with Gasteiger partial charge in [0.15, 0.2) is 0 Å². The van der Waals surface area contributed by atoms with Gasteiger partial charge in [-0.2, -0.15) is 0 Å². The van der Waals surface area contributed by atoms with E-state index in [2.05, 4.69) is 50.3 Å². The predicted molar refractivity (Wildman–Crippen MR) is 81.4 cm³/mol. The molecule has 95 valence electrons. The van der Waals surface area contributed by atoms with Crippen LogP contribution >= 0.6 is 0 Å². The molecule has 0 amide bonds. The quantitative estimate of drug-likeness (QED) is 0.458. The van der Waals surface area contributed by atoms with Crippen molar-refractivity contribution in [2.24, 2.45) is 0 Å². The van der Waals surface area contributed by atoms with Gasteiger partial charge < -0.3 is 0 Å². The van der Waals surface area contributed by atoms with Crippen LogP contribution in [0.25, 0.3) is 0 Å². The van der Waals surface area contributed by atoms with Crippen LogP contribution in [-0.4, -0.2) is 8.07 Å². The normalized spacial score (nSPS) is 11.7. The van der Waals surface area contributed by atoms with Gasteiger partial charge in [0, 0.05) is 0 Å². The highest BCUT2D eigenvalue weighted by molar-refractivity contribution is 6.89. The van der Waals surface area contributed by atoms with Gasteiger partial charge in [0.1, 0.15) is 0 Å². The fourth-order valence-electron chi connectivity index (χ4n) is 2.31. The van der Waals surface area contributed by atoms with Gasteiger partial charge in [0.2, 0.25) is 0 Å². The molecule has 0 atom stereocenters. The molecule has 0 N–H and O–H groups in total. The summed E-state index contributed by atoms with van der Waals surface area (Å²) in [5.41, 5.74) is 0. The van der Waals surface area contributed by atoms with Crippen LogP contribution < -0.4 is 5.19 Å². The van der Waals surface area contributed by atoms with Crippen molar-refractivity contribution in [3.05, 3.63) is 37.3 Å². The zero-order valence-electron chi connectivity index (χ0n) is 11.5. The summed E-state index contributed by atoms with van der Waals surface area (Å²) in [5.74, 6) is 0. The minimum absolute atomic E-state index is 1.10. The summed E-state index contributed by atoms with van der Waals surface area (Å²) >= 11 is 0. The molecule has 0 spiro atoms. The highest BCUT2D eigenvalue weighted by atomic mass is 28.3. The van der Waals surface area contributed by atoms with Crippen molar-refractivity contribution in [1.82, 2.24) is 0 Å². The van der Waals surface area contributed by atoms with E-state index in [9.17, 15) is 0 Å². The predicted octanol–water partition coefficient (Wildman–Crippen LogP) is 4.78. The van der Waals surface area contributed by atoms with Gasteiger partial charge in [0.25, 0.3) is 0 Å². The SMILES string of the molecule is [CH2]CCCCCCC[Si](C)(C)c1ccccc1. The van der Waals surface area contributed by atoms with E-state index in [-0.39, 0.29) is 0 Å². The summed E-state index contributed by atoms with van der Waals surface area (Å²) in [6.07, 6.45) is 7.99. The van der Waals surface area contributed by atoms with E-state index in [4.69, 9.17) is 0 Å². The molecule has 1 radical (unpaired) electrons. The van der Waals surface area contributed by atoms with Crippen molar-refractivity contribution >= 4 is 13.3 Å². The second-order valence-corrected chi connectivity index (χ2v) is 10.5. The summed E-state index contributed by atoms with van der Waals surface area (Å²) in [6.45, 7) is 8.89. The Morgan fingerprint density at radius 2 is 1.47 bits per heavy atom. The van der Waals surface area contributed by atoms with E-state index in [1.54, 1.807) is 5.19 Å². The van der Waals surface area contributed by atoms with Crippen LogP contribution in [0.1, 0.15) is 38.5 Å². The molecule has 0 aromatic heterocycles. The van der Waals surface area contributed by atoms with Gasteiger partial charge in [0.05, 0.1) is 8.07 Å². The molecule has 0 fully saturated rings. The number of rotatable bonds is 8. The molecule has 1 heteroatoms. The molecule has 1 aromatic carbocycles. The molecule has 0 nitrogen and oxygen atoms in total. The van der Waals surface area contributed by atoms with E-state index in [1.165, 1.54) is 38.1 Å². The molecule has 0 heterocycles. The molecule has 1 rings (SSSR count). The Morgan fingerprint density at radius 1 is 0.882 bits per heavy atom. The maximum Gasteiger partial charge on any atom is 0.0806 e. The van der Waals surface area contributed by atoms with E-state index in [1.807, 2.05) is 0 Å². The topological polar surface area (TPSA) is 0 Å². The van der Waals surface area contributed by atoms with Crippen molar-refractivity contribution in [3.8, 4) is 0 Å². The smallest absolute Gasteiger partial charge is 0.0654 e. The molecule has 0 aliphatic carbocycles. The first-order chi connectivity index (χ1) is 8.17. The summed E-state index contributed by atoms with van der Waals surface area (Å²) in [4.78, 5) is 0. The fourth-order valence-corrected chi connectivity index (χ4v) is 4.83. The highest BCUT2D eigenvalue weighted by Crippen LogP contribution is 2.16. The number of hydrogen-bond donors (Lipinski definition) is 0. The van der Waals surface area contributed by atoms with Crippen LogP contribution in [0.5, 0.6) is 0 Å². The Kier molecular flexibility index (Phi) is 6.57. The summed E-state index contributed by atoms with van der Waals surface area (Å²) in [5, 5.41) is 1.61. The van der Waals surface area contributed by atoms with Gasteiger partial charge in [-0.25, -0.2) is 0 Å². The molecular formula is C16H27Si. The van der Waals surface area contributed by atoms with Crippen molar-refractivity contribution in [1.29, 1.82) is 0 Å². The minimum Gasteiger partial charge on any atom is -0.0654 e. The number of hydrogen-bond acceptors (Lipinski definition) is 0. The van der Waals surface area contributed by atoms with Gasteiger partial charge in [-0.15, -0.1) is 0 Å². The van der Waals surface area contributed by atoms with Gasteiger partial charge in [-0.1, -0.05) is 100 Å². The average molecular weight is 247 g/mol. The maximum absolute atomic E-state index is 3.89. The first kappa shape index (κ1) is 14.5. The Morgan fingerprint density at radius 3 is 2.12 bits per heavy atom. The third-order valence-electron chi connectivity index (χ3n) is 3.61. The fraction of sp³-hybridized carbons (Fsp3) is 0.562. The lowest BCUT2D eigenvalue weighted by Gasteiger charge is -2.22. The first-order valence-corrected chi connectivity index (χ1v) is 10.2. The molecule has 0 aliphatic rings. The first-order valence-electron chi connectivity index (χ1n) is 7.01. The van der Waals surface area contributed by atoms with E-state index >= 15 is 0 Å². The largest absolute Gasteiger partial charge is 0.0806 e. The molecule has 1 aromatic rings. The van der Waals surface area contributed by atoms with E-state index in [0.29, 0.717) is 0 Å². The maximum atomic E-state index is 3.89. The third-order valence-corrected chi connectivity index (χ3v) is 7.11. The van der Waals surface area contributed by atoms with Crippen LogP contribution in [0.2, 0.25) is 19.1 Å². The molecule has 0 unspecified atom stereocenters. The lowest BCUT2D eigenvalue weighted by molar-refractivity contribution is 0.634. The Labute approximate surface area is 108 Å². The Bertz CT molecular complexity index is 290. The van der Waals surface area contributed by atoms with Gasteiger partial charge in [-0.3, -0.25) is 0 Å². The molecule has 0 aliphatic heterocycles. The van der Waals surface area contributed by atoms with Crippen molar-refractivity contribution < 1.29 is 0 Å². The van der Waals surface area contributed by atoms with Crippen molar-refractivity contribution in [2.45, 2.75) is 57.7 Å². The zero-order valence-corrected chi connectivity index (χ0v) is 12.5. The monoisotopic (exact) mass is 247 g/mol. The van der Waals surface area contributed by atoms with E-state index in [0.717, 1.165) is 6.42 Å². The van der Waals surface area contributed by atoms with Crippen LogP contribution in [0.4, 0.5) is 0 Å². The Hall–Kier alpha value is -0.563. The average Bonchev–Trinajstić information content (AvgIpc) is 2.35. The standard InChI is InChI=1S/C16H27Si/c1-4-5-6-7-8-12-15-17(2,3)16-13-10-9-11-14-16/h9-11,13-14H,1,4-8,12,15H2,2-3H3. The van der Waals surface area contributed by atoms with Gasteiger partial charge in [-0.05, 0) is 0 Å². The Balaban J connectivity index is 2.26. The molecule has 0 saturated heterocycles. The molecular weight excluding hydrogens is 220 g/mol. The lowest BCUT2D eigenvalue weighted by Crippen LogP contribution is -2.40. The summed E-state index contributed by atoms with van der Waals surface area (Å²) in [6, 6.07) is 12.5. The van der Waals surface area contributed by atoms with Crippen LogP contribution in [0.15, 0.2) is 30.3 Å². The van der Waals surface area contributed by atoms with Gasteiger partial charge >= 0.3 is 0 Å². The van der Waals surface area contributed by atoms with E-state index < -0.39 is 8.07 Å². The summed E-state index contributed by atoms with van der Waals surface area (Å²) in [7, 11) is -1.16. The molecule has 0 bridgehead atoms. The number of unbranched alkanes of at least 4 members (excludes halogenated alkanes) is 5. The molecule has 17 heavy (non-hydrogen) atoms. The third kappa shape index (κ3) is 5.54. The van der Waals surface area contributed by atoms with Crippen LogP contribution in [-0.2, 0) is 0 Å². The lowest BCUT2D eigenvalue weighted by atomic mass is 10.1. The van der Waals surface area contributed by atoms with Crippen molar-refractivity contribution in [3.63, 3.8) is 0 Å². The zero-order chi connectivity index (χ0) is 12.6. The van der Waals surface area contributed by atoms with Crippen LogP contribution in [0, 0.1) is 6.92 Å². The second kappa shape index (κ2) is 7.70. The highest BCUT2D eigenvalue weighted by Gasteiger charge is 2.21. The second-order valence-electron chi connectivity index (χ2n) is 5.62. The van der Waals surface area contributed by atoms with Crippen molar-refractivity contribution in [2.75, 3.05) is 0 Å². The number of benzene rings is 1. The van der Waals surface area contributed by atoms with Crippen LogP contribution in [0.3, 0.4) is 0 Å². The molecule has 0 saturated carbocycles. The summed E-state index contributed by atoms with van der Waals surface area (Å²) < 4.78 is 0. The minimum atomic E-state index is -1.16.